The van der Waals surface area contributed by atoms with Crippen molar-refractivity contribution in [2.45, 2.75) is 36.8 Å². The Labute approximate surface area is 294 Å². The van der Waals surface area contributed by atoms with Crippen LogP contribution in [0.3, 0.4) is 0 Å². The maximum absolute atomic E-state index is 15.2. The molecule has 14 heteroatoms. The van der Waals surface area contributed by atoms with Crippen molar-refractivity contribution in [3.63, 3.8) is 0 Å². The number of nitrogens with zero attached hydrogens (tertiary/aromatic N) is 3. The molecular weight excluding hydrogens is 696 g/mol. The van der Waals surface area contributed by atoms with Gasteiger partial charge < -0.3 is 5.11 Å². The predicted molar refractivity (Wildman–Crippen MR) is 177 cm³/mol. The number of carbonyl (C=O) groups is 4. The zero-order valence-electron chi connectivity index (χ0n) is 26.4. The molecule has 2 N–H and O–H groups in total. The summed E-state index contributed by atoms with van der Waals surface area (Å²) < 4.78 is 40.2. The lowest BCUT2D eigenvalue weighted by Gasteiger charge is -2.50. The van der Waals surface area contributed by atoms with E-state index in [0.29, 0.717) is 44.6 Å². The van der Waals surface area contributed by atoms with Crippen LogP contribution in [-0.4, -0.2) is 50.7 Å². The molecule has 2 aromatic carbocycles. The summed E-state index contributed by atoms with van der Waals surface area (Å²) in [6.45, 7) is 3.78. The van der Waals surface area contributed by atoms with Gasteiger partial charge in [-0.1, -0.05) is 71.3 Å². The Morgan fingerprint density at radius 1 is 1.06 bits per heavy atom. The third kappa shape index (κ3) is 4.86. The lowest BCUT2D eigenvalue weighted by atomic mass is 9.49. The number of nitrogens with one attached hydrogen (secondary N) is 1. The molecule has 9 nitrogen and oxygen atoms in total. The topological polar surface area (TPSA) is 120 Å². The largest absolute Gasteiger partial charge is 0.507 e. The smallest absolute Gasteiger partial charge is 0.417 e. The summed E-state index contributed by atoms with van der Waals surface area (Å²) in [5.41, 5.74) is 1.53. The van der Waals surface area contributed by atoms with Crippen LogP contribution in [-0.2, 0) is 37.2 Å². The van der Waals surface area contributed by atoms with Crippen molar-refractivity contribution in [1.82, 2.24) is 14.9 Å². The second-order valence-corrected chi connectivity index (χ2v) is 13.8. The van der Waals surface area contributed by atoms with Crippen LogP contribution in [0.1, 0.15) is 41.0 Å². The van der Waals surface area contributed by atoms with Gasteiger partial charge in [0.25, 0.3) is 11.8 Å². The van der Waals surface area contributed by atoms with Crippen molar-refractivity contribution in [2.75, 3.05) is 12.5 Å². The number of carbonyl (C=O) groups excluding carboxylic acids is 4. The number of benzene rings is 2. The van der Waals surface area contributed by atoms with Gasteiger partial charge in [0.05, 0.1) is 33.8 Å². The average molecular weight is 726 g/mol. The molecule has 3 aromatic rings. The summed E-state index contributed by atoms with van der Waals surface area (Å²) in [4.78, 5) is 61.5. The minimum atomic E-state index is -4.74. The third-order valence-electron chi connectivity index (χ3n) is 10.6. The van der Waals surface area contributed by atoms with Crippen molar-refractivity contribution in [3.05, 3.63) is 111 Å². The number of rotatable bonds is 6. The first kappa shape index (κ1) is 33.8. The van der Waals surface area contributed by atoms with E-state index in [4.69, 9.17) is 23.2 Å². The molecule has 0 bridgehead atoms. The van der Waals surface area contributed by atoms with Crippen LogP contribution in [0, 0.1) is 23.7 Å². The normalized spacial score (nSPS) is 27.6. The fourth-order valence-corrected chi connectivity index (χ4v) is 8.78. The average Bonchev–Trinajstić information content (AvgIpc) is 3.43. The molecule has 3 heterocycles. The molecule has 50 heavy (non-hydrogen) atoms. The summed E-state index contributed by atoms with van der Waals surface area (Å²) in [5.74, 6) is -7.12. The highest BCUT2D eigenvalue weighted by Crippen LogP contribution is 2.65. The Morgan fingerprint density at radius 3 is 2.44 bits per heavy atom. The molecule has 0 radical (unpaired) electrons. The number of phenols is 1. The van der Waals surface area contributed by atoms with E-state index in [1.165, 1.54) is 7.05 Å². The number of allylic oxidation sites excluding steroid dienone is 3. The van der Waals surface area contributed by atoms with Crippen LogP contribution in [0.25, 0.3) is 0 Å². The zero-order chi connectivity index (χ0) is 35.9. The van der Waals surface area contributed by atoms with Crippen molar-refractivity contribution in [2.24, 2.45) is 23.7 Å². The first-order valence-electron chi connectivity index (χ1n) is 15.8. The van der Waals surface area contributed by atoms with Crippen molar-refractivity contribution in [1.29, 1.82) is 0 Å². The van der Waals surface area contributed by atoms with E-state index in [-0.39, 0.29) is 36.7 Å². The number of halogens is 5. The summed E-state index contributed by atoms with van der Waals surface area (Å²) in [7, 11) is 1.42. The van der Waals surface area contributed by atoms with Gasteiger partial charge in [-0.25, -0.2) is 4.98 Å². The van der Waals surface area contributed by atoms with Gasteiger partial charge in [0.15, 0.2) is 5.82 Å². The summed E-state index contributed by atoms with van der Waals surface area (Å²) in [6.07, 6.45) is -0.295. The molecule has 0 spiro atoms. The number of aromatic hydroxyl groups is 1. The van der Waals surface area contributed by atoms with Gasteiger partial charge in [0, 0.05) is 29.7 Å². The van der Waals surface area contributed by atoms with E-state index >= 15 is 4.79 Å². The minimum absolute atomic E-state index is 0.0248. The summed E-state index contributed by atoms with van der Waals surface area (Å²) >= 11 is 12.5. The van der Waals surface area contributed by atoms with Crippen molar-refractivity contribution >= 4 is 52.6 Å². The highest BCUT2D eigenvalue weighted by Gasteiger charge is 2.70. The summed E-state index contributed by atoms with van der Waals surface area (Å²) in [6, 6.07) is 12.1. The molecule has 1 saturated carbocycles. The van der Waals surface area contributed by atoms with Gasteiger partial charge in [-0.05, 0) is 54.5 Å². The van der Waals surface area contributed by atoms with E-state index in [2.05, 4.69) is 17.0 Å². The number of hydrazine groups is 1. The molecule has 0 unspecified atom stereocenters. The van der Waals surface area contributed by atoms with Crippen LogP contribution in [0.5, 0.6) is 5.75 Å². The number of pyridine rings is 1. The number of anilines is 1. The fraction of sp³-hybridized carbons (Fsp3) is 0.306. The summed E-state index contributed by atoms with van der Waals surface area (Å²) in [5, 5.41) is 12.4. The number of para-hydroxylation sites is 1. The molecule has 3 fully saturated rings. The number of amides is 4. The number of alkyl halides is 3. The molecule has 2 saturated heterocycles. The second kappa shape index (κ2) is 12.0. The Morgan fingerprint density at radius 2 is 1.78 bits per heavy atom. The lowest BCUT2D eigenvalue weighted by molar-refractivity contribution is -0.140. The maximum Gasteiger partial charge on any atom is 0.417 e. The van der Waals surface area contributed by atoms with Crippen LogP contribution < -0.4 is 5.43 Å². The van der Waals surface area contributed by atoms with E-state index < -0.39 is 69.5 Å². The van der Waals surface area contributed by atoms with E-state index in [1.54, 1.807) is 48.5 Å². The van der Waals surface area contributed by atoms with Gasteiger partial charge in [0.1, 0.15) is 5.75 Å². The fourth-order valence-electron chi connectivity index (χ4n) is 8.45. The SMILES string of the molecule is C=CCc1cccc([C@H]2C3=CC[C@@H]4C(=O)N(C)C(=O)[C@@H]4[C@@H]3C[C@H]3C(=O)N(Nc4ncc(C(F)(F)F)cc4Cl)C(=O)[C@@]23c2ccc(Cl)cc2)c1O. The Balaban J connectivity index is 1.47. The Hall–Kier alpha value is -4.68. The number of hydrogen-bond acceptors (Lipinski definition) is 7. The van der Waals surface area contributed by atoms with Gasteiger partial charge in [-0.3, -0.25) is 29.5 Å². The second-order valence-electron chi connectivity index (χ2n) is 13.0. The van der Waals surface area contributed by atoms with Gasteiger partial charge >= 0.3 is 6.18 Å². The molecule has 4 amide bonds. The minimum Gasteiger partial charge on any atom is -0.507 e. The van der Waals surface area contributed by atoms with Gasteiger partial charge in [-0.2, -0.15) is 18.2 Å². The zero-order valence-corrected chi connectivity index (χ0v) is 27.9. The molecule has 258 valence electrons. The van der Waals surface area contributed by atoms with Crippen LogP contribution in [0.4, 0.5) is 19.0 Å². The van der Waals surface area contributed by atoms with E-state index in [1.807, 2.05) is 6.08 Å². The quantitative estimate of drug-likeness (QED) is 0.221. The highest BCUT2D eigenvalue weighted by molar-refractivity contribution is 6.33. The molecule has 2 aliphatic heterocycles. The third-order valence-corrected chi connectivity index (χ3v) is 11.1. The van der Waals surface area contributed by atoms with Gasteiger partial charge in [-0.15, -0.1) is 6.58 Å². The van der Waals surface area contributed by atoms with Gasteiger partial charge in [0.2, 0.25) is 11.8 Å². The number of phenolic OH excluding ortho intramolecular Hbond substituents is 1. The standard InChI is InChI=1S/C36H29Cl2F3N4O5/c1-3-5-17-6-4-7-23(29(17)46)28-21-12-13-22-27(33(49)44(2)31(22)47)24(21)15-25-32(48)45(34(50)35(25,28)18-8-10-20(37)11-9-18)43-30-26(38)14-19(16-42-30)36(39,40)41/h3-4,6-12,14,16,22,24-25,27-28,46H,1,5,13,15H2,2H3,(H,42,43)/t22-,24+,25-,27-,28+,35+/m0/s1. The number of imide groups is 2. The molecular formula is C36H29Cl2F3N4O5. The number of fused-ring (bicyclic) bond motifs is 4. The molecule has 6 atom stereocenters. The first-order valence-corrected chi connectivity index (χ1v) is 16.5. The van der Waals surface area contributed by atoms with Crippen molar-refractivity contribution < 1.29 is 37.5 Å². The van der Waals surface area contributed by atoms with Crippen molar-refractivity contribution in [3.8, 4) is 5.75 Å². The number of aromatic nitrogens is 1. The molecule has 4 aliphatic rings. The predicted octanol–water partition coefficient (Wildman–Crippen LogP) is 6.46. The van der Waals surface area contributed by atoms with Crippen LogP contribution in [0.2, 0.25) is 10.0 Å². The lowest BCUT2D eigenvalue weighted by Crippen LogP contribution is -2.53. The number of hydrogen-bond donors (Lipinski definition) is 2. The maximum atomic E-state index is 15.2. The monoisotopic (exact) mass is 724 g/mol. The first-order chi connectivity index (χ1) is 23.7. The van der Waals surface area contributed by atoms with Crippen LogP contribution >= 0.6 is 23.2 Å². The molecule has 7 rings (SSSR count). The highest BCUT2D eigenvalue weighted by atomic mass is 35.5. The number of likely N-dealkylation sites (tertiary alicyclic amines) is 1. The molecule has 2 aliphatic carbocycles. The van der Waals surface area contributed by atoms with E-state index in [0.717, 1.165) is 4.90 Å². The molecule has 1 aromatic heterocycles. The van der Waals surface area contributed by atoms with Crippen LogP contribution in [0.15, 0.2) is 79.0 Å². The van der Waals surface area contributed by atoms with E-state index in [9.17, 15) is 32.7 Å². The Kier molecular flexibility index (Phi) is 8.10. The Bertz CT molecular complexity index is 2020.